The van der Waals surface area contributed by atoms with Gasteiger partial charge in [0.1, 0.15) is 5.75 Å². The summed E-state index contributed by atoms with van der Waals surface area (Å²) in [6, 6.07) is 10.1. The predicted molar refractivity (Wildman–Crippen MR) is 78.3 cm³/mol. The molecule has 3 rings (SSSR count). The van der Waals surface area contributed by atoms with E-state index in [9.17, 15) is 18.0 Å². The lowest BCUT2D eigenvalue weighted by molar-refractivity contribution is -0.137. The Morgan fingerprint density at radius 2 is 2.00 bits per heavy atom. The van der Waals surface area contributed by atoms with E-state index in [1.807, 2.05) is 0 Å². The van der Waals surface area contributed by atoms with Crippen molar-refractivity contribution in [2.45, 2.75) is 19.1 Å². The Morgan fingerprint density at radius 1 is 1.17 bits per heavy atom. The molecule has 0 spiro atoms. The van der Waals surface area contributed by atoms with E-state index in [2.05, 4.69) is 5.32 Å². The summed E-state index contributed by atoms with van der Waals surface area (Å²) >= 11 is 0. The van der Waals surface area contributed by atoms with Gasteiger partial charge in [0, 0.05) is 18.5 Å². The van der Waals surface area contributed by atoms with Gasteiger partial charge in [-0.15, -0.1) is 0 Å². The second kappa shape index (κ2) is 5.95. The van der Waals surface area contributed by atoms with Gasteiger partial charge in [0.25, 0.3) is 5.91 Å². The Bertz CT molecular complexity index is 741. The van der Waals surface area contributed by atoms with E-state index in [-0.39, 0.29) is 12.5 Å². The molecule has 1 aliphatic rings. The smallest absolute Gasteiger partial charge is 0.416 e. The Balaban J connectivity index is 1.67. The van der Waals surface area contributed by atoms with Crippen LogP contribution in [-0.4, -0.2) is 12.5 Å². The van der Waals surface area contributed by atoms with Crippen LogP contribution in [0.2, 0.25) is 0 Å². The third kappa shape index (κ3) is 3.47. The Hall–Kier alpha value is -2.50. The quantitative estimate of drug-likeness (QED) is 0.938. The molecule has 0 saturated carbocycles. The molecule has 23 heavy (non-hydrogen) atoms. The molecule has 120 valence electrons. The number of ether oxygens (including phenoxy) is 1. The van der Waals surface area contributed by atoms with Crippen LogP contribution in [0.1, 0.15) is 27.0 Å². The van der Waals surface area contributed by atoms with E-state index in [0.717, 1.165) is 29.9 Å². The molecular formula is C17H14F3NO2. The molecule has 0 bridgehead atoms. The third-order valence-electron chi connectivity index (χ3n) is 3.66. The number of amides is 1. The zero-order valence-corrected chi connectivity index (χ0v) is 12.1. The Kier molecular flexibility index (Phi) is 3.98. The fourth-order valence-electron chi connectivity index (χ4n) is 2.47. The van der Waals surface area contributed by atoms with Crippen LogP contribution >= 0.6 is 0 Å². The largest absolute Gasteiger partial charge is 0.493 e. The number of hydrogen-bond donors (Lipinski definition) is 1. The van der Waals surface area contributed by atoms with Gasteiger partial charge in [0.05, 0.1) is 12.2 Å². The maximum absolute atomic E-state index is 12.7. The van der Waals surface area contributed by atoms with Gasteiger partial charge in [-0.2, -0.15) is 13.2 Å². The van der Waals surface area contributed by atoms with Gasteiger partial charge in [0.2, 0.25) is 0 Å². The zero-order valence-electron chi connectivity index (χ0n) is 12.1. The highest BCUT2D eigenvalue weighted by atomic mass is 19.4. The Morgan fingerprint density at radius 3 is 2.78 bits per heavy atom. The van der Waals surface area contributed by atoms with Crippen molar-refractivity contribution in [2.24, 2.45) is 0 Å². The summed E-state index contributed by atoms with van der Waals surface area (Å²) in [7, 11) is 0. The second-order valence-electron chi connectivity index (χ2n) is 5.30. The zero-order chi connectivity index (χ0) is 16.4. The number of benzene rings is 2. The van der Waals surface area contributed by atoms with Crippen molar-refractivity contribution in [3.63, 3.8) is 0 Å². The number of hydrogen-bond acceptors (Lipinski definition) is 2. The fourth-order valence-corrected chi connectivity index (χ4v) is 2.47. The van der Waals surface area contributed by atoms with Gasteiger partial charge < -0.3 is 10.1 Å². The van der Waals surface area contributed by atoms with Gasteiger partial charge in [0.15, 0.2) is 0 Å². The molecule has 0 aromatic heterocycles. The SMILES string of the molecule is O=C(NCc1cccc(C(F)(F)F)c1)c1ccc2c(c1)CCO2. The molecule has 0 fully saturated rings. The van der Waals surface area contributed by atoms with Crippen LogP contribution in [0, 0.1) is 0 Å². The van der Waals surface area contributed by atoms with E-state index < -0.39 is 11.7 Å². The van der Waals surface area contributed by atoms with Gasteiger partial charge in [-0.05, 0) is 41.5 Å². The summed E-state index contributed by atoms with van der Waals surface area (Å²) in [6.07, 6.45) is -3.63. The molecule has 3 nitrogen and oxygen atoms in total. The van der Waals surface area contributed by atoms with E-state index in [0.29, 0.717) is 17.7 Å². The molecule has 0 aliphatic carbocycles. The van der Waals surface area contributed by atoms with Crippen molar-refractivity contribution >= 4 is 5.91 Å². The second-order valence-corrected chi connectivity index (χ2v) is 5.30. The van der Waals surface area contributed by atoms with Crippen molar-refractivity contribution < 1.29 is 22.7 Å². The van der Waals surface area contributed by atoms with E-state index >= 15 is 0 Å². The topological polar surface area (TPSA) is 38.3 Å². The fraction of sp³-hybridized carbons (Fsp3) is 0.235. The van der Waals surface area contributed by atoms with E-state index in [4.69, 9.17) is 4.74 Å². The number of carbonyl (C=O) groups is 1. The minimum Gasteiger partial charge on any atom is -0.493 e. The average Bonchev–Trinajstić information content (AvgIpc) is 2.99. The molecule has 2 aromatic carbocycles. The van der Waals surface area contributed by atoms with Crippen LogP contribution < -0.4 is 10.1 Å². The molecule has 0 atom stereocenters. The molecular weight excluding hydrogens is 307 g/mol. The van der Waals surface area contributed by atoms with E-state index in [1.54, 1.807) is 24.3 Å². The maximum atomic E-state index is 12.7. The number of nitrogens with one attached hydrogen (secondary N) is 1. The average molecular weight is 321 g/mol. The highest BCUT2D eigenvalue weighted by Gasteiger charge is 2.30. The molecule has 6 heteroatoms. The van der Waals surface area contributed by atoms with Crippen molar-refractivity contribution in [3.8, 4) is 5.75 Å². The lowest BCUT2D eigenvalue weighted by atomic mass is 10.1. The van der Waals surface area contributed by atoms with Crippen LogP contribution in [-0.2, 0) is 19.1 Å². The van der Waals surface area contributed by atoms with Crippen LogP contribution in [0.4, 0.5) is 13.2 Å². The first-order valence-corrected chi connectivity index (χ1v) is 7.13. The molecule has 1 heterocycles. The standard InChI is InChI=1S/C17H14F3NO2/c18-17(19,20)14-3-1-2-11(8-14)10-21-16(22)13-4-5-15-12(9-13)6-7-23-15/h1-5,8-9H,6-7,10H2,(H,21,22). The highest BCUT2D eigenvalue weighted by Crippen LogP contribution is 2.29. The first kappa shape index (κ1) is 15.4. The number of halogens is 3. The summed E-state index contributed by atoms with van der Waals surface area (Å²) in [5.74, 6) is 0.455. The Labute approximate surface area is 131 Å². The number of fused-ring (bicyclic) bond motifs is 1. The molecule has 1 amide bonds. The molecule has 2 aromatic rings. The number of rotatable bonds is 3. The minimum absolute atomic E-state index is 0.0380. The first-order chi connectivity index (χ1) is 10.9. The molecule has 0 radical (unpaired) electrons. The molecule has 0 unspecified atom stereocenters. The summed E-state index contributed by atoms with van der Waals surface area (Å²) in [4.78, 5) is 12.1. The van der Waals surface area contributed by atoms with Crippen molar-refractivity contribution in [3.05, 3.63) is 64.7 Å². The summed E-state index contributed by atoms with van der Waals surface area (Å²) in [5, 5.41) is 2.64. The first-order valence-electron chi connectivity index (χ1n) is 7.13. The molecule has 0 saturated heterocycles. The lowest BCUT2D eigenvalue weighted by Crippen LogP contribution is -2.23. The highest BCUT2D eigenvalue weighted by molar-refractivity contribution is 5.94. The van der Waals surface area contributed by atoms with Crippen LogP contribution in [0.5, 0.6) is 5.75 Å². The summed E-state index contributed by atoms with van der Waals surface area (Å²) in [6.45, 7) is 0.640. The van der Waals surface area contributed by atoms with Gasteiger partial charge in [-0.1, -0.05) is 12.1 Å². The molecule has 1 aliphatic heterocycles. The number of carbonyl (C=O) groups excluding carboxylic acids is 1. The van der Waals surface area contributed by atoms with Crippen molar-refractivity contribution in [1.29, 1.82) is 0 Å². The van der Waals surface area contributed by atoms with Gasteiger partial charge in [-0.25, -0.2) is 0 Å². The van der Waals surface area contributed by atoms with Gasteiger partial charge >= 0.3 is 6.18 Å². The van der Waals surface area contributed by atoms with E-state index in [1.165, 1.54) is 6.07 Å². The normalized spacial score (nSPS) is 13.3. The number of alkyl halides is 3. The molecule has 1 N–H and O–H groups in total. The van der Waals surface area contributed by atoms with Gasteiger partial charge in [-0.3, -0.25) is 4.79 Å². The maximum Gasteiger partial charge on any atom is 0.416 e. The van der Waals surface area contributed by atoms with Crippen molar-refractivity contribution in [2.75, 3.05) is 6.61 Å². The third-order valence-corrected chi connectivity index (χ3v) is 3.66. The van der Waals surface area contributed by atoms with Crippen LogP contribution in [0.25, 0.3) is 0 Å². The summed E-state index contributed by atoms with van der Waals surface area (Å²) < 4.78 is 43.3. The van der Waals surface area contributed by atoms with Crippen LogP contribution in [0.15, 0.2) is 42.5 Å². The minimum atomic E-state index is -4.39. The van der Waals surface area contributed by atoms with Crippen molar-refractivity contribution in [1.82, 2.24) is 5.32 Å². The predicted octanol–water partition coefficient (Wildman–Crippen LogP) is 3.57. The monoisotopic (exact) mass is 321 g/mol. The lowest BCUT2D eigenvalue weighted by Gasteiger charge is -2.10. The van der Waals surface area contributed by atoms with Crippen LogP contribution in [0.3, 0.4) is 0 Å². The summed E-state index contributed by atoms with van der Waals surface area (Å²) in [5.41, 5.74) is 1.12.